The average Bonchev–Trinajstić information content (AvgIpc) is 3.29. The van der Waals surface area contributed by atoms with Gasteiger partial charge in [0, 0.05) is 36.1 Å². The summed E-state index contributed by atoms with van der Waals surface area (Å²) in [4.78, 5) is 0. The summed E-state index contributed by atoms with van der Waals surface area (Å²) in [7, 11) is 0. The molecule has 5 nitrogen and oxygen atoms in total. The van der Waals surface area contributed by atoms with Crippen molar-refractivity contribution in [3.63, 3.8) is 0 Å². The number of aliphatic hydroxyl groups is 1. The summed E-state index contributed by atoms with van der Waals surface area (Å²) in [5.74, 6) is 0.373. The minimum atomic E-state index is -2.59. The summed E-state index contributed by atoms with van der Waals surface area (Å²) in [6, 6.07) is 5.17. The van der Waals surface area contributed by atoms with Gasteiger partial charge >= 0.3 is 0 Å². The van der Waals surface area contributed by atoms with Gasteiger partial charge in [0.25, 0.3) is 6.43 Å². The monoisotopic (exact) mass is 346 g/mol. The number of fused-ring (bicyclic) bond motifs is 1. The van der Waals surface area contributed by atoms with E-state index in [0.717, 1.165) is 31.1 Å². The first-order valence-electron chi connectivity index (χ1n) is 8.57. The Labute approximate surface area is 143 Å². The van der Waals surface area contributed by atoms with Crippen LogP contribution >= 0.6 is 0 Å². The SMILES string of the molecule is OCC1CCC(n2cc3cc(-n4cccn4)c(C(F)F)cc3n2)CC1. The van der Waals surface area contributed by atoms with E-state index in [1.54, 1.807) is 24.5 Å². The fraction of sp³-hybridized carbons (Fsp3) is 0.444. The molecular weight excluding hydrogens is 326 g/mol. The molecule has 0 bridgehead atoms. The molecule has 2 aromatic heterocycles. The van der Waals surface area contributed by atoms with Crippen molar-refractivity contribution < 1.29 is 13.9 Å². The van der Waals surface area contributed by atoms with Gasteiger partial charge in [-0.25, -0.2) is 13.5 Å². The molecule has 1 aliphatic rings. The number of aromatic nitrogens is 4. The second kappa shape index (κ2) is 6.55. The molecule has 1 aliphatic carbocycles. The van der Waals surface area contributed by atoms with Crippen LogP contribution in [0.1, 0.15) is 43.7 Å². The van der Waals surface area contributed by atoms with Gasteiger partial charge < -0.3 is 5.11 Å². The summed E-state index contributed by atoms with van der Waals surface area (Å²) in [5, 5.41) is 18.7. The average molecular weight is 346 g/mol. The fourth-order valence-electron chi connectivity index (χ4n) is 3.66. The van der Waals surface area contributed by atoms with E-state index >= 15 is 0 Å². The third-order valence-corrected chi connectivity index (χ3v) is 5.11. The highest BCUT2D eigenvalue weighted by Crippen LogP contribution is 2.34. The second-order valence-electron chi connectivity index (χ2n) is 6.69. The Hall–Kier alpha value is -2.28. The number of alkyl halides is 2. The summed E-state index contributed by atoms with van der Waals surface area (Å²) in [6.45, 7) is 0.235. The van der Waals surface area contributed by atoms with Crippen LogP contribution in [-0.2, 0) is 0 Å². The van der Waals surface area contributed by atoms with E-state index in [0.29, 0.717) is 17.1 Å². The molecule has 3 aromatic rings. The molecule has 1 fully saturated rings. The van der Waals surface area contributed by atoms with Gasteiger partial charge in [-0.05, 0) is 49.8 Å². The molecule has 0 amide bonds. The van der Waals surface area contributed by atoms with Crippen LogP contribution in [0, 0.1) is 5.92 Å². The molecule has 132 valence electrons. The zero-order valence-electron chi connectivity index (χ0n) is 13.7. The summed E-state index contributed by atoms with van der Waals surface area (Å²) < 4.78 is 30.3. The Morgan fingerprint density at radius 2 is 2.00 bits per heavy atom. The molecule has 2 heterocycles. The van der Waals surface area contributed by atoms with Gasteiger partial charge in [-0.15, -0.1) is 0 Å². The molecule has 1 saturated carbocycles. The molecule has 4 rings (SSSR count). The van der Waals surface area contributed by atoms with E-state index in [1.807, 2.05) is 10.9 Å². The smallest absolute Gasteiger partial charge is 0.266 e. The van der Waals surface area contributed by atoms with Crippen LogP contribution in [0.25, 0.3) is 16.6 Å². The van der Waals surface area contributed by atoms with Gasteiger partial charge in [-0.2, -0.15) is 10.2 Å². The van der Waals surface area contributed by atoms with E-state index in [9.17, 15) is 13.9 Å². The maximum atomic E-state index is 13.5. The quantitative estimate of drug-likeness (QED) is 0.780. The first-order valence-corrected chi connectivity index (χ1v) is 8.57. The lowest BCUT2D eigenvalue weighted by Crippen LogP contribution is -2.20. The number of hydrogen-bond acceptors (Lipinski definition) is 3. The van der Waals surface area contributed by atoms with Crippen molar-refractivity contribution in [2.45, 2.75) is 38.2 Å². The highest BCUT2D eigenvalue weighted by molar-refractivity contribution is 5.82. The molecule has 1 N–H and O–H groups in total. The molecule has 0 aliphatic heterocycles. The van der Waals surface area contributed by atoms with Crippen molar-refractivity contribution in [1.29, 1.82) is 0 Å². The number of nitrogens with zero attached hydrogens (tertiary/aromatic N) is 4. The molecule has 0 saturated heterocycles. The van der Waals surface area contributed by atoms with Gasteiger partial charge in [0.2, 0.25) is 0 Å². The molecule has 1 aromatic carbocycles. The minimum Gasteiger partial charge on any atom is -0.396 e. The van der Waals surface area contributed by atoms with E-state index in [1.165, 1.54) is 10.7 Å². The zero-order valence-corrected chi connectivity index (χ0v) is 13.7. The van der Waals surface area contributed by atoms with Crippen molar-refractivity contribution in [3.05, 3.63) is 42.4 Å². The standard InChI is InChI=1S/C18H20F2N4O/c19-18(20)15-9-16-13(8-17(15)23-7-1-6-21-23)10-24(22-16)14-4-2-12(11-25)3-5-14/h1,6-10,12,14,18,25H,2-5,11H2. The molecule has 25 heavy (non-hydrogen) atoms. The van der Waals surface area contributed by atoms with Gasteiger partial charge in [-0.3, -0.25) is 4.68 Å². The van der Waals surface area contributed by atoms with Crippen LogP contribution in [0.15, 0.2) is 36.8 Å². The normalized spacial score (nSPS) is 21.3. The first kappa shape index (κ1) is 16.2. The Balaban J connectivity index is 1.71. The van der Waals surface area contributed by atoms with Crippen LogP contribution < -0.4 is 0 Å². The van der Waals surface area contributed by atoms with Crippen LogP contribution in [-0.4, -0.2) is 31.3 Å². The maximum Gasteiger partial charge on any atom is 0.266 e. The highest BCUT2D eigenvalue weighted by Gasteiger charge is 2.23. The van der Waals surface area contributed by atoms with Crippen molar-refractivity contribution in [2.75, 3.05) is 6.61 Å². The summed E-state index contributed by atoms with van der Waals surface area (Å²) >= 11 is 0. The van der Waals surface area contributed by atoms with Gasteiger partial charge in [0.05, 0.1) is 17.2 Å². The molecular formula is C18H20F2N4O. The number of halogens is 2. The minimum absolute atomic E-state index is 0.0644. The van der Waals surface area contributed by atoms with Crippen LogP contribution in [0.4, 0.5) is 8.78 Å². The largest absolute Gasteiger partial charge is 0.396 e. The zero-order chi connectivity index (χ0) is 17.4. The maximum absolute atomic E-state index is 13.5. The predicted molar refractivity (Wildman–Crippen MR) is 89.9 cm³/mol. The fourth-order valence-corrected chi connectivity index (χ4v) is 3.66. The number of rotatable bonds is 4. The van der Waals surface area contributed by atoms with Gasteiger partial charge in [0.1, 0.15) is 0 Å². The molecule has 0 atom stereocenters. The van der Waals surface area contributed by atoms with Crippen molar-refractivity contribution in [3.8, 4) is 5.69 Å². The molecule has 0 radical (unpaired) electrons. The Morgan fingerprint density at radius 3 is 2.64 bits per heavy atom. The number of hydrogen-bond donors (Lipinski definition) is 1. The van der Waals surface area contributed by atoms with E-state index in [2.05, 4.69) is 10.2 Å². The van der Waals surface area contributed by atoms with Crippen molar-refractivity contribution >= 4 is 10.9 Å². The van der Waals surface area contributed by atoms with E-state index in [4.69, 9.17) is 0 Å². The molecule has 0 spiro atoms. The van der Waals surface area contributed by atoms with Crippen LogP contribution in [0.5, 0.6) is 0 Å². The van der Waals surface area contributed by atoms with Crippen molar-refractivity contribution in [2.24, 2.45) is 5.92 Å². The number of benzene rings is 1. The van der Waals surface area contributed by atoms with Crippen LogP contribution in [0.3, 0.4) is 0 Å². The third-order valence-electron chi connectivity index (χ3n) is 5.11. The second-order valence-corrected chi connectivity index (χ2v) is 6.69. The van der Waals surface area contributed by atoms with Crippen LogP contribution in [0.2, 0.25) is 0 Å². The topological polar surface area (TPSA) is 55.9 Å². The lowest BCUT2D eigenvalue weighted by Gasteiger charge is -2.27. The van der Waals surface area contributed by atoms with E-state index < -0.39 is 6.43 Å². The Kier molecular flexibility index (Phi) is 4.25. The summed E-state index contributed by atoms with van der Waals surface area (Å²) in [5.41, 5.74) is 0.900. The lowest BCUT2D eigenvalue weighted by atomic mass is 9.87. The molecule has 7 heteroatoms. The third kappa shape index (κ3) is 3.04. The van der Waals surface area contributed by atoms with Gasteiger partial charge in [-0.1, -0.05) is 0 Å². The van der Waals surface area contributed by atoms with Gasteiger partial charge in [0.15, 0.2) is 0 Å². The van der Waals surface area contributed by atoms with Crippen molar-refractivity contribution in [1.82, 2.24) is 19.6 Å². The predicted octanol–water partition coefficient (Wildman–Crippen LogP) is 3.88. The number of aliphatic hydroxyl groups excluding tert-OH is 1. The molecule has 0 unspecified atom stereocenters. The lowest BCUT2D eigenvalue weighted by molar-refractivity contribution is 0.151. The Morgan fingerprint density at radius 1 is 1.20 bits per heavy atom. The van der Waals surface area contributed by atoms with E-state index in [-0.39, 0.29) is 18.2 Å². The highest BCUT2D eigenvalue weighted by atomic mass is 19.3. The summed E-state index contributed by atoms with van der Waals surface area (Å²) in [6.07, 6.45) is 6.42. The Bertz CT molecular complexity index is 851. The first-order chi connectivity index (χ1) is 12.2.